The highest BCUT2D eigenvalue weighted by Crippen LogP contribution is 2.22. The van der Waals surface area contributed by atoms with Crippen LogP contribution >= 0.6 is 0 Å². The third kappa shape index (κ3) is 3.20. The molecule has 1 saturated heterocycles. The van der Waals surface area contributed by atoms with Crippen LogP contribution in [0.5, 0.6) is 0 Å². The van der Waals surface area contributed by atoms with Crippen LogP contribution in [0.2, 0.25) is 0 Å². The van der Waals surface area contributed by atoms with Crippen molar-refractivity contribution in [2.45, 2.75) is 12.8 Å². The Bertz CT molecular complexity index is 346. The van der Waals surface area contributed by atoms with Gasteiger partial charge < -0.3 is 14.9 Å². The first kappa shape index (κ1) is 12.4. The molecule has 0 saturated carbocycles. The fourth-order valence-electron chi connectivity index (χ4n) is 2.35. The highest BCUT2D eigenvalue weighted by Gasteiger charge is 2.16. The summed E-state index contributed by atoms with van der Waals surface area (Å²) in [5.41, 5.74) is 2.72. The Morgan fingerprint density at radius 2 is 1.82 bits per heavy atom. The standard InChI is InChI=1S/C14H22N2O/c1-15-8-10-16(11-9-15)14-7-3-2-5-13(14)6-4-12-17/h2-3,5,7,17H,4,6,8-12H2,1H3. The van der Waals surface area contributed by atoms with E-state index in [-0.39, 0.29) is 6.61 Å². The quantitative estimate of drug-likeness (QED) is 0.852. The Morgan fingerprint density at radius 1 is 1.12 bits per heavy atom. The molecule has 0 amide bonds. The zero-order valence-corrected chi connectivity index (χ0v) is 10.6. The number of benzene rings is 1. The van der Waals surface area contributed by atoms with Gasteiger partial charge in [0.05, 0.1) is 0 Å². The van der Waals surface area contributed by atoms with E-state index in [1.54, 1.807) is 0 Å². The second-order valence-electron chi connectivity index (χ2n) is 4.75. The fourth-order valence-corrected chi connectivity index (χ4v) is 2.35. The van der Waals surface area contributed by atoms with Crippen molar-refractivity contribution in [3.05, 3.63) is 29.8 Å². The van der Waals surface area contributed by atoms with E-state index in [4.69, 9.17) is 5.11 Å². The second-order valence-corrected chi connectivity index (χ2v) is 4.75. The molecule has 1 aromatic rings. The van der Waals surface area contributed by atoms with Gasteiger partial charge in [-0.25, -0.2) is 0 Å². The largest absolute Gasteiger partial charge is 0.396 e. The number of nitrogens with zero attached hydrogens (tertiary/aromatic N) is 2. The highest BCUT2D eigenvalue weighted by atomic mass is 16.2. The van der Waals surface area contributed by atoms with Crippen LogP contribution < -0.4 is 4.90 Å². The number of aryl methyl sites for hydroxylation is 1. The summed E-state index contributed by atoms with van der Waals surface area (Å²) in [4.78, 5) is 4.83. The van der Waals surface area contributed by atoms with Crippen molar-refractivity contribution >= 4 is 5.69 Å². The molecule has 0 spiro atoms. The molecule has 1 N–H and O–H groups in total. The van der Waals surface area contributed by atoms with Gasteiger partial charge >= 0.3 is 0 Å². The predicted octanol–water partition coefficient (Wildman–Crippen LogP) is 1.36. The molecule has 0 aliphatic carbocycles. The molecule has 0 radical (unpaired) electrons. The molecular formula is C14H22N2O. The summed E-state index contributed by atoms with van der Waals surface area (Å²) in [5.74, 6) is 0. The molecule has 0 atom stereocenters. The lowest BCUT2D eigenvalue weighted by atomic mass is 10.1. The van der Waals surface area contributed by atoms with Gasteiger partial charge in [-0.15, -0.1) is 0 Å². The fraction of sp³-hybridized carbons (Fsp3) is 0.571. The monoisotopic (exact) mass is 234 g/mol. The molecule has 0 bridgehead atoms. The van der Waals surface area contributed by atoms with E-state index < -0.39 is 0 Å². The zero-order valence-electron chi connectivity index (χ0n) is 10.6. The van der Waals surface area contributed by atoms with E-state index in [0.717, 1.165) is 39.0 Å². The molecule has 94 valence electrons. The third-order valence-electron chi connectivity index (χ3n) is 3.44. The number of para-hydroxylation sites is 1. The van der Waals surface area contributed by atoms with Crippen LogP contribution in [-0.2, 0) is 6.42 Å². The lowest BCUT2D eigenvalue weighted by Gasteiger charge is -2.35. The number of hydrogen-bond acceptors (Lipinski definition) is 3. The van der Waals surface area contributed by atoms with E-state index in [1.165, 1.54) is 11.3 Å². The van der Waals surface area contributed by atoms with Crippen LogP contribution in [0.1, 0.15) is 12.0 Å². The first-order valence-electron chi connectivity index (χ1n) is 6.43. The maximum Gasteiger partial charge on any atom is 0.0434 e. The molecular weight excluding hydrogens is 212 g/mol. The van der Waals surface area contributed by atoms with Gasteiger partial charge in [0, 0.05) is 38.5 Å². The minimum Gasteiger partial charge on any atom is -0.396 e. The lowest BCUT2D eigenvalue weighted by molar-refractivity contribution is 0.288. The van der Waals surface area contributed by atoms with E-state index in [2.05, 4.69) is 41.1 Å². The van der Waals surface area contributed by atoms with E-state index >= 15 is 0 Å². The van der Waals surface area contributed by atoms with Crippen LogP contribution in [0.15, 0.2) is 24.3 Å². The van der Waals surface area contributed by atoms with Gasteiger partial charge in [0.2, 0.25) is 0 Å². The molecule has 1 aromatic carbocycles. The Labute approximate surface area is 104 Å². The summed E-state index contributed by atoms with van der Waals surface area (Å²) in [7, 11) is 2.18. The van der Waals surface area contributed by atoms with Gasteiger partial charge in [-0.05, 0) is 31.5 Å². The summed E-state index contributed by atoms with van der Waals surface area (Å²) in [6, 6.07) is 8.59. The first-order chi connectivity index (χ1) is 8.31. The summed E-state index contributed by atoms with van der Waals surface area (Å²) < 4.78 is 0. The topological polar surface area (TPSA) is 26.7 Å². The first-order valence-corrected chi connectivity index (χ1v) is 6.43. The van der Waals surface area contributed by atoms with Gasteiger partial charge in [0.1, 0.15) is 0 Å². The highest BCUT2D eigenvalue weighted by molar-refractivity contribution is 5.54. The predicted molar refractivity (Wildman–Crippen MR) is 71.6 cm³/mol. The molecule has 0 unspecified atom stereocenters. The van der Waals surface area contributed by atoms with Crippen molar-refractivity contribution in [1.82, 2.24) is 4.90 Å². The molecule has 1 fully saturated rings. The SMILES string of the molecule is CN1CCN(c2ccccc2CCCO)CC1. The number of anilines is 1. The summed E-state index contributed by atoms with van der Waals surface area (Å²) in [6.45, 7) is 4.75. The summed E-state index contributed by atoms with van der Waals surface area (Å²) >= 11 is 0. The van der Waals surface area contributed by atoms with Crippen LogP contribution in [0, 0.1) is 0 Å². The van der Waals surface area contributed by atoms with Crippen LogP contribution in [0.25, 0.3) is 0 Å². The normalized spacial score (nSPS) is 17.4. The Kier molecular flexibility index (Phi) is 4.40. The molecule has 3 nitrogen and oxygen atoms in total. The number of piperazine rings is 1. The van der Waals surface area contributed by atoms with E-state index in [1.807, 2.05) is 0 Å². The number of aliphatic hydroxyl groups is 1. The van der Waals surface area contributed by atoms with Gasteiger partial charge in [-0.1, -0.05) is 18.2 Å². The smallest absolute Gasteiger partial charge is 0.0434 e. The van der Waals surface area contributed by atoms with Gasteiger partial charge in [0.15, 0.2) is 0 Å². The Hall–Kier alpha value is -1.06. The molecule has 2 rings (SSSR count). The van der Waals surface area contributed by atoms with E-state index in [9.17, 15) is 0 Å². The minimum atomic E-state index is 0.275. The number of likely N-dealkylation sites (N-methyl/N-ethyl adjacent to an activating group) is 1. The molecule has 1 aliphatic rings. The van der Waals surface area contributed by atoms with Crippen LogP contribution in [0.3, 0.4) is 0 Å². The van der Waals surface area contributed by atoms with Gasteiger partial charge in [-0.3, -0.25) is 0 Å². The van der Waals surface area contributed by atoms with Crippen LogP contribution in [-0.4, -0.2) is 49.8 Å². The number of aliphatic hydroxyl groups excluding tert-OH is 1. The lowest BCUT2D eigenvalue weighted by Crippen LogP contribution is -2.44. The van der Waals surface area contributed by atoms with Crippen molar-refractivity contribution in [2.75, 3.05) is 44.7 Å². The van der Waals surface area contributed by atoms with Gasteiger partial charge in [-0.2, -0.15) is 0 Å². The van der Waals surface area contributed by atoms with Crippen molar-refractivity contribution in [2.24, 2.45) is 0 Å². The minimum absolute atomic E-state index is 0.275. The van der Waals surface area contributed by atoms with Crippen molar-refractivity contribution in [1.29, 1.82) is 0 Å². The van der Waals surface area contributed by atoms with Gasteiger partial charge in [0.25, 0.3) is 0 Å². The van der Waals surface area contributed by atoms with Crippen LogP contribution in [0.4, 0.5) is 5.69 Å². The maximum absolute atomic E-state index is 8.94. The Balaban J connectivity index is 2.08. The molecule has 17 heavy (non-hydrogen) atoms. The van der Waals surface area contributed by atoms with Crippen molar-refractivity contribution in [3.63, 3.8) is 0 Å². The molecule has 1 heterocycles. The second kappa shape index (κ2) is 6.03. The average Bonchev–Trinajstić information content (AvgIpc) is 2.38. The molecule has 1 aliphatic heterocycles. The average molecular weight is 234 g/mol. The summed E-state index contributed by atoms with van der Waals surface area (Å²) in [6.07, 6.45) is 1.82. The number of hydrogen-bond donors (Lipinski definition) is 1. The molecule has 3 heteroatoms. The van der Waals surface area contributed by atoms with Crippen molar-refractivity contribution in [3.8, 4) is 0 Å². The van der Waals surface area contributed by atoms with E-state index in [0.29, 0.717) is 0 Å². The Morgan fingerprint density at radius 3 is 2.53 bits per heavy atom. The zero-order chi connectivity index (χ0) is 12.1. The number of rotatable bonds is 4. The third-order valence-corrected chi connectivity index (χ3v) is 3.44. The maximum atomic E-state index is 8.94. The molecule has 0 aromatic heterocycles. The summed E-state index contributed by atoms with van der Waals surface area (Å²) in [5, 5.41) is 8.94. The van der Waals surface area contributed by atoms with Crippen molar-refractivity contribution < 1.29 is 5.11 Å².